The number of aliphatic hydroxyl groups excluding tert-OH is 1. The standard InChI is InChI=1S/C74H144O17P2/c1-9-67(8)53-45-37-28-22-18-16-14-12-10-11-13-15-17-19-23-29-40-48-56-73(78)91-70(61-85-72(77)55-47-39-33-32-36-44-52-66(6)7)63-89-93(82,83)87-59-68(75)58-86-92(80,81)88-62-69(60-84-71(76)54-46-38-31-25-27-35-43-51-65(4)5)90-74(79)57-49-41-30-24-20-21-26-34-42-50-64(2)3/h64-70,75H,9-63H2,1-8H3,(H,80,81)(H,82,83)/t67?,68?,69-,70-/m1/s1. The van der Waals surface area contributed by atoms with Crippen molar-refractivity contribution in [2.24, 2.45) is 23.7 Å². The van der Waals surface area contributed by atoms with Crippen LogP contribution in [0.25, 0.3) is 0 Å². The minimum atomic E-state index is -4.95. The van der Waals surface area contributed by atoms with E-state index < -0.39 is 97.5 Å². The highest BCUT2D eigenvalue weighted by Gasteiger charge is 2.30. The number of rotatable bonds is 71. The van der Waals surface area contributed by atoms with Crippen LogP contribution in [0.1, 0.15) is 370 Å². The molecule has 0 aliphatic carbocycles. The van der Waals surface area contributed by atoms with Crippen LogP contribution in [0, 0.1) is 23.7 Å². The molecule has 0 aromatic heterocycles. The largest absolute Gasteiger partial charge is 0.472 e. The normalized spacial score (nSPS) is 14.5. The average molecular weight is 1370 g/mol. The van der Waals surface area contributed by atoms with E-state index in [-0.39, 0.29) is 25.7 Å². The van der Waals surface area contributed by atoms with Gasteiger partial charge >= 0.3 is 39.5 Å². The molecular formula is C74H144O17P2. The zero-order chi connectivity index (χ0) is 68.9. The quantitative estimate of drug-likeness (QED) is 0.0222. The number of esters is 4. The highest BCUT2D eigenvalue weighted by atomic mass is 31.2. The Kier molecular flexibility index (Phi) is 62.2. The molecule has 0 aliphatic heterocycles. The van der Waals surface area contributed by atoms with E-state index in [0.717, 1.165) is 115 Å². The van der Waals surface area contributed by atoms with Crippen molar-refractivity contribution in [3.63, 3.8) is 0 Å². The predicted octanol–water partition coefficient (Wildman–Crippen LogP) is 21.3. The summed E-state index contributed by atoms with van der Waals surface area (Å²) in [7, 11) is -9.91. The van der Waals surface area contributed by atoms with Gasteiger partial charge in [0.05, 0.1) is 26.4 Å². The number of hydrogen-bond donors (Lipinski definition) is 3. The molecule has 0 spiro atoms. The smallest absolute Gasteiger partial charge is 0.462 e. The van der Waals surface area contributed by atoms with Crippen molar-refractivity contribution < 1.29 is 80.2 Å². The van der Waals surface area contributed by atoms with Gasteiger partial charge in [-0.3, -0.25) is 37.3 Å². The molecule has 0 heterocycles. The molecule has 0 aromatic rings. The van der Waals surface area contributed by atoms with Crippen LogP contribution in [0.2, 0.25) is 0 Å². The van der Waals surface area contributed by atoms with E-state index in [1.54, 1.807) is 0 Å². The molecule has 6 atom stereocenters. The van der Waals surface area contributed by atoms with Crippen molar-refractivity contribution in [1.29, 1.82) is 0 Å². The van der Waals surface area contributed by atoms with Gasteiger partial charge in [0.15, 0.2) is 12.2 Å². The molecule has 0 aliphatic rings. The Bertz CT molecular complexity index is 1840. The second kappa shape index (κ2) is 63.5. The summed E-state index contributed by atoms with van der Waals surface area (Å²) in [5.74, 6) is 0.863. The zero-order valence-corrected chi connectivity index (χ0v) is 62.7. The maximum Gasteiger partial charge on any atom is 0.472 e. The van der Waals surface area contributed by atoms with Gasteiger partial charge in [0, 0.05) is 25.7 Å². The van der Waals surface area contributed by atoms with E-state index in [0.29, 0.717) is 37.5 Å². The Morgan fingerprint density at radius 1 is 0.301 bits per heavy atom. The molecule has 0 amide bonds. The lowest BCUT2D eigenvalue weighted by Gasteiger charge is -2.21. The fourth-order valence-corrected chi connectivity index (χ4v) is 12.7. The van der Waals surface area contributed by atoms with Crippen molar-refractivity contribution >= 4 is 39.5 Å². The highest BCUT2D eigenvalue weighted by molar-refractivity contribution is 7.47. The SMILES string of the molecule is CCC(C)CCCCCCCCCCCCCCCCCCCCC(=O)O[C@H](COC(=O)CCCCCCCCC(C)C)COP(=O)(O)OCC(O)COP(=O)(O)OC[C@@H](COC(=O)CCCCCCCCCC(C)C)OC(=O)CCCCCCCCCCCC(C)C. The summed E-state index contributed by atoms with van der Waals surface area (Å²) in [6.07, 6.45) is 47.6. The minimum Gasteiger partial charge on any atom is -0.462 e. The number of carbonyl (C=O) groups excluding carboxylic acids is 4. The number of phosphoric acid groups is 2. The molecule has 0 aromatic carbocycles. The van der Waals surface area contributed by atoms with Gasteiger partial charge < -0.3 is 33.8 Å². The first-order valence-corrected chi connectivity index (χ1v) is 41.2. The molecule has 3 N–H and O–H groups in total. The molecule has 0 rings (SSSR count). The number of carbonyl (C=O) groups is 4. The van der Waals surface area contributed by atoms with E-state index in [9.17, 15) is 43.2 Å². The van der Waals surface area contributed by atoms with Gasteiger partial charge in [0.2, 0.25) is 0 Å². The summed E-state index contributed by atoms with van der Waals surface area (Å²) in [6, 6.07) is 0. The maximum absolute atomic E-state index is 13.0. The van der Waals surface area contributed by atoms with Crippen molar-refractivity contribution in [3.8, 4) is 0 Å². The van der Waals surface area contributed by atoms with Crippen LogP contribution in [0.3, 0.4) is 0 Å². The maximum atomic E-state index is 13.0. The molecule has 0 fully saturated rings. The van der Waals surface area contributed by atoms with E-state index in [2.05, 4.69) is 55.4 Å². The fourth-order valence-electron chi connectivity index (χ4n) is 11.2. The Hall–Kier alpha value is -1.94. The fraction of sp³-hybridized carbons (Fsp3) is 0.946. The van der Waals surface area contributed by atoms with E-state index in [4.69, 9.17) is 37.0 Å². The number of hydrogen-bond acceptors (Lipinski definition) is 15. The first-order valence-electron chi connectivity index (χ1n) is 38.2. The van der Waals surface area contributed by atoms with Crippen LogP contribution in [-0.2, 0) is 65.4 Å². The highest BCUT2D eigenvalue weighted by Crippen LogP contribution is 2.45. The van der Waals surface area contributed by atoms with Gasteiger partial charge in [-0.2, -0.15) is 0 Å². The van der Waals surface area contributed by atoms with Crippen LogP contribution in [0.15, 0.2) is 0 Å². The zero-order valence-electron chi connectivity index (χ0n) is 60.9. The Balaban J connectivity index is 5.14. The van der Waals surface area contributed by atoms with Gasteiger partial charge in [-0.05, 0) is 49.4 Å². The van der Waals surface area contributed by atoms with Gasteiger partial charge in [-0.1, -0.05) is 319 Å². The Morgan fingerprint density at radius 2 is 0.516 bits per heavy atom. The van der Waals surface area contributed by atoms with E-state index in [1.807, 2.05) is 0 Å². The topological polar surface area (TPSA) is 237 Å². The van der Waals surface area contributed by atoms with Crippen LogP contribution >= 0.6 is 15.6 Å². The second-order valence-corrected chi connectivity index (χ2v) is 31.3. The summed E-state index contributed by atoms with van der Waals surface area (Å²) in [4.78, 5) is 72.6. The van der Waals surface area contributed by atoms with Crippen LogP contribution < -0.4 is 0 Å². The van der Waals surface area contributed by atoms with Crippen molar-refractivity contribution in [3.05, 3.63) is 0 Å². The Labute approximate surface area is 568 Å². The van der Waals surface area contributed by atoms with Crippen LogP contribution in [0.5, 0.6) is 0 Å². The lowest BCUT2D eigenvalue weighted by atomic mass is 9.99. The number of ether oxygens (including phenoxy) is 4. The lowest BCUT2D eigenvalue weighted by Crippen LogP contribution is -2.30. The van der Waals surface area contributed by atoms with Gasteiger partial charge in [0.1, 0.15) is 19.3 Å². The van der Waals surface area contributed by atoms with Gasteiger partial charge in [-0.25, -0.2) is 9.13 Å². The summed E-state index contributed by atoms with van der Waals surface area (Å²) < 4.78 is 68.3. The lowest BCUT2D eigenvalue weighted by molar-refractivity contribution is -0.161. The minimum absolute atomic E-state index is 0.104. The first-order chi connectivity index (χ1) is 44.6. The molecule has 0 saturated carbocycles. The first kappa shape index (κ1) is 91.1. The van der Waals surface area contributed by atoms with Gasteiger partial charge in [0.25, 0.3) is 0 Å². The van der Waals surface area contributed by atoms with Crippen molar-refractivity contribution in [2.75, 3.05) is 39.6 Å². The van der Waals surface area contributed by atoms with E-state index in [1.165, 1.54) is 161 Å². The van der Waals surface area contributed by atoms with Crippen LogP contribution in [0.4, 0.5) is 0 Å². The second-order valence-electron chi connectivity index (χ2n) is 28.4. The third-order valence-corrected chi connectivity index (χ3v) is 19.3. The molecule has 0 saturated heterocycles. The molecule has 0 bridgehead atoms. The third-order valence-electron chi connectivity index (χ3n) is 17.4. The summed E-state index contributed by atoms with van der Waals surface area (Å²) in [5, 5.41) is 10.6. The molecule has 19 heteroatoms. The Morgan fingerprint density at radius 3 is 0.763 bits per heavy atom. The van der Waals surface area contributed by atoms with Crippen LogP contribution in [-0.4, -0.2) is 96.7 Å². The number of phosphoric ester groups is 2. The monoisotopic (exact) mass is 1370 g/mol. The molecule has 552 valence electrons. The summed E-state index contributed by atoms with van der Waals surface area (Å²) in [5.41, 5.74) is 0. The molecule has 0 radical (unpaired) electrons. The van der Waals surface area contributed by atoms with Crippen molar-refractivity contribution in [1.82, 2.24) is 0 Å². The predicted molar refractivity (Wildman–Crippen MR) is 377 cm³/mol. The summed E-state index contributed by atoms with van der Waals surface area (Å²) >= 11 is 0. The number of unbranched alkanes of at least 4 members (excludes halogenated alkanes) is 36. The van der Waals surface area contributed by atoms with E-state index >= 15 is 0 Å². The number of aliphatic hydroxyl groups is 1. The summed E-state index contributed by atoms with van der Waals surface area (Å²) in [6.45, 7) is 14.1. The molecule has 4 unspecified atom stereocenters. The molecular weight excluding hydrogens is 1220 g/mol. The molecule has 93 heavy (non-hydrogen) atoms. The average Bonchev–Trinajstić information content (AvgIpc) is 2.87. The van der Waals surface area contributed by atoms with Gasteiger partial charge in [-0.15, -0.1) is 0 Å². The molecule has 17 nitrogen and oxygen atoms in total. The van der Waals surface area contributed by atoms with Crippen molar-refractivity contribution in [2.45, 2.75) is 388 Å². The third kappa shape index (κ3) is 67.0.